The minimum absolute atomic E-state index is 0.0533. The van der Waals surface area contributed by atoms with Gasteiger partial charge in [0, 0.05) is 20.2 Å². The van der Waals surface area contributed by atoms with Crippen molar-refractivity contribution in [2.75, 3.05) is 20.3 Å². The maximum Gasteiger partial charge on any atom is 0.243 e. The molecule has 2 aromatic carbocycles. The van der Waals surface area contributed by atoms with Crippen LogP contribution in [0.3, 0.4) is 0 Å². The third-order valence-corrected chi connectivity index (χ3v) is 8.65. The molecule has 1 aromatic heterocycles. The van der Waals surface area contributed by atoms with E-state index in [1.165, 1.54) is 28.3 Å². The molecule has 0 atom stereocenters. The highest BCUT2D eigenvalue weighted by Gasteiger charge is 2.28. The number of imidazole rings is 1. The molecule has 1 heterocycles. The predicted molar refractivity (Wildman–Crippen MR) is 130 cm³/mol. The molecule has 0 N–H and O–H groups in total. The van der Waals surface area contributed by atoms with Gasteiger partial charge in [0.25, 0.3) is 0 Å². The van der Waals surface area contributed by atoms with Crippen LogP contribution < -0.4 is 0 Å². The quantitative estimate of drug-likeness (QED) is 0.352. The minimum atomic E-state index is -3.85. The molecular weight excluding hydrogens is 474 g/mol. The minimum Gasteiger partial charge on any atom is -0.383 e. The summed E-state index contributed by atoms with van der Waals surface area (Å²) in [4.78, 5) is 4.34. The van der Waals surface area contributed by atoms with E-state index in [-0.39, 0.29) is 42.0 Å². The number of nitrogens with zero attached hydrogens (tertiary/aromatic N) is 3. The number of aromatic nitrogens is 2. The molecule has 0 amide bonds. The van der Waals surface area contributed by atoms with Crippen molar-refractivity contribution in [2.24, 2.45) is 0 Å². The molecule has 0 radical (unpaired) electrons. The van der Waals surface area contributed by atoms with Crippen LogP contribution in [0.4, 0.5) is 0 Å². The molecule has 0 aliphatic heterocycles. The standard InChI is InChI=1S/C24H29N3O5S2/c1-4-14-26(34(30,31)23-12-10-20(2)11-13-23)18-22-17-25-24(27(22)15-16-32-3)33(28,29)19-21-8-6-5-7-9-21/h4-13,17H,1,14-16,18-19H2,2-3H3. The molecule has 0 unspecified atom stereocenters. The van der Waals surface area contributed by atoms with E-state index in [9.17, 15) is 16.8 Å². The molecule has 8 nitrogen and oxygen atoms in total. The van der Waals surface area contributed by atoms with Gasteiger partial charge in [0.05, 0.1) is 35.7 Å². The molecule has 0 aliphatic rings. The van der Waals surface area contributed by atoms with Crippen LogP contribution in [-0.2, 0) is 43.4 Å². The Morgan fingerprint density at radius 2 is 1.74 bits per heavy atom. The van der Waals surface area contributed by atoms with Gasteiger partial charge in [-0.1, -0.05) is 54.1 Å². The lowest BCUT2D eigenvalue weighted by molar-refractivity contribution is 0.183. The number of hydrogen-bond acceptors (Lipinski definition) is 6. The van der Waals surface area contributed by atoms with Gasteiger partial charge >= 0.3 is 0 Å². The van der Waals surface area contributed by atoms with E-state index in [4.69, 9.17) is 4.74 Å². The van der Waals surface area contributed by atoms with Gasteiger partial charge in [-0.25, -0.2) is 21.8 Å². The van der Waals surface area contributed by atoms with Crippen LogP contribution in [0.25, 0.3) is 0 Å². The number of sulfone groups is 1. The molecule has 0 aliphatic carbocycles. The van der Waals surface area contributed by atoms with Crippen LogP contribution in [0.5, 0.6) is 0 Å². The maximum absolute atomic E-state index is 13.3. The third-order valence-electron chi connectivity index (χ3n) is 5.23. The van der Waals surface area contributed by atoms with Gasteiger partial charge in [0.1, 0.15) is 0 Å². The van der Waals surface area contributed by atoms with Crippen molar-refractivity contribution in [3.63, 3.8) is 0 Å². The average molecular weight is 504 g/mol. The van der Waals surface area contributed by atoms with Crippen LogP contribution >= 0.6 is 0 Å². The van der Waals surface area contributed by atoms with Crippen molar-refractivity contribution in [2.45, 2.75) is 35.8 Å². The van der Waals surface area contributed by atoms with E-state index in [1.54, 1.807) is 48.5 Å². The molecular formula is C24H29N3O5S2. The Bertz CT molecular complexity index is 1320. The Morgan fingerprint density at radius 3 is 2.35 bits per heavy atom. The zero-order valence-electron chi connectivity index (χ0n) is 19.3. The van der Waals surface area contributed by atoms with Gasteiger partial charge in [-0.05, 0) is 24.6 Å². The summed E-state index contributed by atoms with van der Waals surface area (Å²) in [6.07, 6.45) is 2.91. The molecule has 0 fully saturated rings. The number of sulfonamides is 1. The molecule has 0 bridgehead atoms. The number of methoxy groups -OCH3 is 1. The Hall–Kier alpha value is -2.79. The van der Waals surface area contributed by atoms with Crippen molar-refractivity contribution in [1.82, 2.24) is 13.9 Å². The monoisotopic (exact) mass is 503 g/mol. The highest BCUT2D eigenvalue weighted by Crippen LogP contribution is 2.22. The van der Waals surface area contributed by atoms with E-state index in [0.29, 0.717) is 11.3 Å². The van der Waals surface area contributed by atoms with Crippen LogP contribution in [0.15, 0.2) is 83.5 Å². The van der Waals surface area contributed by atoms with E-state index >= 15 is 0 Å². The van der Waals surface area contributed by atoms with Gasteiger partial charge in [0.2, 0.25) is 25.0 Å². The Labute approximate surface area is 201 Å². The normalized spacial score (nSPS) is 12.2. The Balaban J connectivity index is 1.98. The maximum atomic E-state index is 13.3. The van der Waals surface area contributed by atoms with Gasteiger partial charge in [0.15, 0.2) is 0 Å². The number of benzene rings is 2. The van der Waals surface area contributed by atoms with Gasteiger partial charge in [-0.15, -0.1) is 6.58 Å². The second-order valence-corrected chi connectivity index (χ2v) is 11.6. The highest BCUT2D eigenvalue weighted by molar-refractivity contribution is 7.90. The summed E-state index contributed by atoms with van der Waals surface area (Å²) in [6, 6.07) is 15.4. The zero-order valence-corrected chi connectivity index (χ0v) is 20.9. The van der Waals surface area contributed by atoms with E-state index in [1.807, 2.05) is 13.0 Å². The number of ether oxygens (including phenoxy) is 1. The Kier molecular flexibility index (Phi) is 8.42. The molecule has 3 rings (SSSR count). The first kappa shape index (κ1) is 25.8. The molecule has 10 heteroatoms. The SMILES string of the molecule is C=CCN(Cc1cnc(S(=O)(=O)Cc2ccccc2)n1CCOC)S(=O)(=O)c1ccc(C)cc1. The summed E-state index contributed by atoms with van der Waals surface area (Å²) < 4.78 is 60.9. The summed E-state index contributed by atoms with van der Waals surface area (Å²) in [7, 11) is -6.12. The first-order valence-corrected chi connectivity index (χ1v) is 13.8. The Morgan fingerprint density at radius 1 is 1.06 bits per heavy atom. The number of aryl methyl sites for hydroxylation is 1. The predicted octanol–water partition coefficient (Wildman–Crippen LogP) is 3.19. The van der Waals surface area contributed by atoms with Crippen molar-refractivity contribution in [3.8, 4) is 0 Å². The van der Waals surface area contributed by atoms with Crippen molar-refractivity contribution >= 4 is 19.9 Å². The van der Waals surface area contributed by atoms with Crippen LogP contribution in [0, 0.1) is 6.92 Å². The molecule has 34 heavy (non-hydrogen) atoms. The molecule has 0 spiro atoms. The van der Waals surface area contributed by atoms with Crippen LogP contribution in [0.1, 0.15) is 16.8 Å². The van der Waals surface area contributed by atoms with Crippen molar-refractivity contribution in [3.05, 3.63) is 90.3 Å². The topological polar surface area (TPSA) is 98.6 Å². The van der Waals surface area contributed by atoms with Gasteiger partial charge in [-0.3, -0.25) is 0 Å². The summed E-state index contributed by atoms with van der Waals surface area (Å²) in [5, 5.41) is -0.116. The first-order valence-electron chi connectivity index (χ1n) is 10.7. The molecule has 0 saturated carbocycles. The fraction of sp³-hybridized carbons (Fsp3) is 0.292. The summed E-state index contributed by atoms with van der Waals surface area (Å²) >= 11 is 0. The number of rotatable bonds is 12. The van der Waals surface area contributed by atoms with Crippen molar-refractivity contribution < 1.29 is 21.6 Å². The van der Waals surface area contributed by atoms with Crippen molar-refractivity contribution in [1.29, 1.82) is 0 Å². The van der Waals surface area contributed by atoms with E-state index in [0.717, 1.165) is 5.56 Å². The lowest BCUT2D eigenvalue weighted by Crippen LogP contribution is -2.32. The largest absolute Gasteiger partial charge is 0.383 e. The first-order chi connectivity index (χ1) is 16.2. The van der Waals surface area contributed by atoms with Gasteiger partial charge < -0.3 is 9.30 Å². The third kappa shape index (κ3) is 6.01. The molecule has 3 aromatic rings. The summed E-state index contributed by atoms with van der Waals surface area (Å²) in [5.74, 6) is -0.213. The smallest absolute Gasteiger partial charge is 0.243 e. The summed E-state index contributed by atoms with van der Waals surface area (Å²) in [6.45, 7) is 5.99. The zero-order chi connectivity index (χ0) is 24.8. The second-order valence-electron chi connectivity index (χ2n) is 7.82. The van der Waals surface area contributed by atoms with E-state index < -0.39 is 19.9 Å². The number of hydrogen-bond donors (Lipinski definition) is 0. The fourth-order valence-electron chi connectivity index (χ4n) is 3.48. The van der Waals surface area contributed by atoms with Crippen LogP contribution in [-0.4, -0.2) is 51.0 Å². The average Bonchev–Trinajstić information content (AvgIpc) is 3.21. The van der Waals surface area contributed by atoms with E-state index in [2.05, 4.69) is 11.6 Å². The van der Waals surface area contributed by atoms with Gasteiger partial charge in [-0.2, -0.15) is 4.31 Å². The highest BCUT2D eigenvalue weighted by atomic mass is 32.2. The lowest BCUT2D eigenvalue weighted by atomic mass is 10.2. The molecule has 182 valence electrons. The fourth-order valence-corrected chi connectivity index (χ4v) is 6.38. The lowest BCUT2D eigenvalue weighted by Gasteiger charge is -2.22. The molecule has 0 saturated heterocycles. The van der Waals surface area contributed by atoms with Crippen LogP contribution in [0.2, 0.25) is 0 Å². The summed E-state index contributed by atoms with van der Waals surface area (Å²) in [5.41, 5.74) is 2.03. The second kappa shape index (κ2) is 11.1.